The molecule has 1 aromatic carbocycles. The average Bonchev–Trinajstić information content (AvgIpc) is 2.89. The maximum absolute atomic E-state index is 11.0. The molecule has 0 aliphatic rings. The average molecular weight is 348 g/mol. The van der Waals surface area contributed by atoms with Gasteiger partial charge in [0.25, 0.3) is 5.69 Å². The second-order valence-electron chi connectivity index (χ2n) is 4.02. The molecular weight excluding hydrogens is 337 g/mol. The van der Waals surface area contributed by atoms with Crippen molar-refractivity contribution in [1.82, 2.24) is 0 Å². The Bertz CT molecular complexity index is 660. The lowest BCUT2D eigenvalue weighted by atomic mass is 10.2. The SMILES string of the molecule is COc1cc(CCl)c([N+](=O)[O-])cc1OCc1ccc(Cl)s1. The molecule has 112 valence electrons. The normalized spacial score (nSPS) is 10.4. The summed E-state index contributed by atoms with van der Waals surface area (Å²) in [4.78, 5) is 11.5. The van der Waals surface area contributed by atoms with Crippen molar-refractivity contribution in [3.8, 4) is 11.5 Å². The topological polar surface area (TPSA) is 61.6 Å². The number of alkyl halides is 1. The third-order valence-electron chi connectivity index (χ3n) is 2.70. The first-order chi connectivity index (χ1) is 10.0. The van der Waals surface area contributed by atoms with E-state index < -0.39 is 4.92 Å². The van der Waals surface area contributed by atoms with Gasteiger partial charge in [-0.1, -0.05) is 11.6 Å². The molecule has 1 heterocycles. The molecular formula is C13H11Cl2NO4S. The van der Waals surface area contributed by atoms with E-state index in [0.717, 1.165) is 4.88 Å². The van der Waals surface area contributed by atoms with E-state index in [-0.39, 0.29) is 18.2 Å². The summed E-state index contributed by atoms with van der Waals surface area (Å²) < 4.78 is 11.4. The van der Waals surface area contributed by atoms with Gasteiger partial charge < -0.3 is 9.47 Å². The van der Waals surface area contributed by atoms with E-state index in [0.29, 0.717) is 21.4 Å². The van der Waals surface area contributed by atoms with Crippen molar-refractivity contribution >= 4 is 40.2 Å². The van der Waals surface area contributed by atoms with E-state index in [9.17, 15) is 10.1 Å². The highest BCUT2D eigenvalue weighted by atomic mass is 35.5. The Balaban J connectivity index is 2.28. The minimum Gasteiger partial charge on any atom is -0.493 e. The highest BCUT2D eigenvalue weighted by molar-refractivity contribution is 7.16. The molecule has 0 unspecified atom stereocenters. The number of halogens is 2. The van der Waals surface area contributed by atoms with Crippen LogP contribution in [0.15, 0.2) is 24.3 Å². The van der Waals surface area contributed by atoms with Crippen LogP contribution in [0.4, 0.5) is 5.69 Å². The molecule has 0 fully saturated rings. The van der Waals surface area contributed by atoms with Crippen LogP contribution in [0.2, 0.25) is 4.34 Å². The van der Waals surface area contributed by atoms with Crippen LogP contribution >= 0.6 is 34.5 Å². The number of ether oxygens (including phenoxy) is 2. The van der Waals surface area contributed by atoms with Gasteiger partial charge in [-0.05, 0) is 18.2 Å². The minimum absolute atomic E-state index is 0.0213. The van der Waals surface area contributed by atoms with Gasteiger partial charge in [-0.3, -0.25) is 10.1 Å². The quantitative estimate of drug-likeness (QED) is 0.434. The zero-order valence-corrected chi connectivity index (χ0v) is 13.3. The lowest BCUT2D eigenvalue weighted by Crippen LogP contribution is -2.00. The first-order valence-corrected chi connectivity index (χ1v) is 7.56. The molecule has 0 bridgehead atoms. The molecule has 0 amide bonds. The van der Waals surface area contributed by atoms with Gasteiger partial charge in [0.15, 0.2) is 11.5 Å². The predicted molar refractivity (Wildman–Crippen MR) is 82.9 cm³/mol. The van der Waals surface area contributed by atoms with Crippen LogP contribution in [0.25, 0.3) is 0 Å². The first-order valence-electron chi connectivity index (χ1n) is 5.83. The highest BCUT2D eigenvalue weighted by Crippen LogP contribution is 2.36. The Morgan fingerprint density at radius 1 is 1.33 bits per heavy atom. The van der Waals surface area contributed by atoms with Crippen molar-refractivity contribution < 1.29 is 14.4 Å². The minimum atomic E-state index is -0.494. The summed E-state index contributed by atoms with van der Waals surface area (Å²) in [6.07, 6.45) is 0. The molecule has 0 spiro atoms. The van der Waals surface area contributed by atoms with Gasteiger partial charge in [0.1, 0.15) is 6.61 Å². The summed E-state index contributed by atoms with van der Waals surface area (Å²) >= 11 is 12.9. The Hall–Kier alpha value is -1.50. The number of hydrogen-bond donors (Lipinski definition) is 0. The molecule has 0 N–H and O–H groups in total. The van der Waals surface area contributed by atoms with E-state index in [1.54, 1.807) is 6.07 Å². The van der Waals surface area contributed by atoms with Crippen LogP contribution in [0, 0.1) is 10.1 Å². The van der Waals surface area contributed by atoms with Gasteiger partial charge >= 0.3 is 0 Å². The van der Waals surface area contributed by atoms with Crippen molar-refractivity contribution in [2.45, 2.75) is 12.5 Å². The maximum Gasteiger partial charge on any atom is 0.277 e. The Morgan fingerprint density at radius 2 is 2.10 bits per heavy atom. The molecule has 0 saturated carbocycles. The second kappa shape index (κ2) is 6.98. The molecule has 0 aliphatic heterocycles. The Labute approximate surface area is 135 Å². The molecule has 2 rings (SSSR count). The van der Waals surface area contributed by atoms with Crippen LogP contribution in [-0.2, 0) is 12.5 Å². The van der Waals surface area contributed by atoms with Gasteiger partial charge in [-0.2, -0.15) is 0 Å². The van der Waals surface area contributed by atoms with Crippen LogP contribution < -0.4 is 9.47 Å². The standard InChI is InChI=1S/C13H11Cl2NO4S/c1-19-11-4-8(6-14)10(16(17)18)5-12(11)20-7-9-2-3-13(15)21-9/h2-5H,6-7H2,1H3. The number of rotatable bonds is 6. The van der Waals surface area contributed by atoms with Crippen LogP contribution in [0.1, 0.15) is 10.4 Å². The van der Waals surface area contributed by atoms with E-state index in [2.05, 4.69) is 0 Å². The number of hydrogen-bond acceptors (Lipinski definition) is 5. The van der Waals surface area contributed by atoms with Crippen molar-refractivity contribution in [3.63, 3.8) is 0 Å². The molecule has 0 aliphatic carbocycles. The number of thiophene rings is 1. The molecule has 0 saturated heterocycles. The molecule has 5 nitrogen and oxygen atoms in total. The fourth-order valence-corrected chi connectivity index (χ4v) is 2.93. The maximum atomic E-state index is 11.0. The molecule has 1 aromatic heterocycles. The third-order valence-corrected chi connectivity index (χ3v) is 4.20. The molecule has 2 aromatic rings. The third kappa shape index (κ3) is 3.78. The molecule has 21 heavy (non-hydrogen) atoms. The number of nitrogens with zero attached hydrogens (tertiary/aromatic N) is 1. The summed E-state index contributed by atoms with van der Waals surface area (Å²) in [7, 11) is 1.47. The summed E-state index contributed by atoms with van der Waals surface area (Å²) in [5, 5.41) is 11.0. The van der Waals surface area contributed by atoms with Crippen molar-refractivity contribution in [2.75, 3.05) is 7.11 Å². The van der Waals surface area contributed by atoms with Gasteiger partial charge in [0, 0.05) is 10.4 Å². The van der Waals surface area contributed by atoms with Gasteiger partial charge in [0.05, 0.1) is 28.3 Å². The fraction of sp³-hybridized carbons (Fsp3) is 0.231. The van der Waals surface area contributed by atoms with Crippen molar-refractivity contribution in [2.24, 2.45) is 0 Å². The Kier molecular flexibility index (Phi) is 5.27. The number of benzene rings is 1. The monoisotopic (exact) mass is 347 g/mol. The molecule has 8 heteroatoms. The second-order valence-corrected chi connectivity index (χ2v) is 6.08. The van der Waals surface area contributed by atoms with Crippen molar-refractivity contribution in [1.29, 1.82) is 0 Å². The zero-order valence-electron chi connectivity index (χ0n) is 11.0. The van der Waals surface area contributed by atoms with Crippen LogP contribution in [0.5, 0.6) is 11.5 Å². The first kappa shape index (κ1) is 15.9. The number of methoxy groups -OCH3 is 1. The summed E-state index contributed by atoms with van der Waals surface area (Å²) in [6, 6.07) is 6.44. The van der Waals surface area contributed by atoms with E-state index in [4.69, 9.17) is 32.7 Å². The Morgan fingerprint density at radius 3 is 2.62 bits per heavy atom. The van der Waals surface area contributed by atoms with Gasteiger partial charge in [0.2, 0.25) is 0 Å². The predicted octanol–water partition coefficient (Wildman–Crippen LogP) is 4.64. The smallest absolute Gasteiger partial charge is 0.277 e. The fourth-order valence-electron chi connectivity index (χ4n) is 1.72. The number of nitro benzene ring substituents is 1. The van der Waals surface area contributed by atoms with Gasteiger partial charge in [-0.25, -0.2) is 0 Å². The summed E-state index contributed by atoms with van der Waals surface area (Å²) in [5.41, 5.74) is 0.287. The molecule has 0 radical (unpaired) electrons. The van der Waals surface area contributed by atoms with Crippen LogP contribution in [0.3, 0.4) is 0 Å². The van der Waals surface area contributed by atoms with Crippen LogP contribution in [-0.4, -0.2) is 12.0 Å². The zero-order chi connectivity index (χ0) is 15.4. The number of nitro groups is 1. The molecule has 0 atom stereocenters. The van der Waals surface area contributed by atoms with E-state index in [1.165, 1.54) is 30.6 Å². The van der Waals surface area contributed by atoms with Crippen molar-refractivity contribution in [3.05, 3.63) is 49.2 Å². The largest absolute Gasteiger partial charge is 0.493 e. The summed E-state index contributed by atoms with van der Waals surface area (Å²) in [6.45, 7) is 0.255. The van der Waals surface area contributed by atoms with Gasteiger partial charge in [-0.15, -0.1) is 22.9 Å². The summed E-state index contributed by atoms with van der Waals surface area (Å²) in [5.74, 6) is 0.717. The lowest BCUT2D eigenvalue weighted by Gasteiger charge is -2.11. The van der Waals surface area contributed by atoms with E-state index in [1.807, 2.05) is 6.07 Å². The lowest BCUT2D eigenvalue weighted by molar-refractivity contribution is -0.385. The van der Waals surface area contributed by atoms with E-state index >= 15 is 0 Å². The highest BCUT2D eigenvalue weighted by Gasteiger charge is 2.19.